The zero-order valence-corrected chi connectivity index (χ0v) is 14.4. The Morgan fingerprint density at radius 2 is 1.84 bits per heavy atom. The number of likely N-dealkylation sites (N-methyl/N-ethyl adjacent to an activating group) is 1. The maximum Gasteiger partial charge on any atom is 0.243 e. The molecule has 0 spiro atoms. The lowest BCUT2D eigenvalue weighted by atomic mass is 10.2. The third-order valence-corrected chi connectivity index (χ3v) is 4.37. The summed E-state index contributed by atoms with van der Waals surface area (Å²) in [4.78, 5) is 27.9. The highest BCUT2D eigenvalue weighted by molar-refractivity contribution is 5.96. The third-order valence-electron chi connectivity index (χ3n) is 4.37. The van der Waals surface area contributed by atoms with Crippen LogP contribution in [0.1, 0.15) is 19.8 Å². The van der Waals surface area contributed by atoms with Crippen LogP contribution in [0.15, 0.2) is 54.6 Å². The van der Waals surface area contributed by atoms with E-state index in [2.05, 4.69) is 5.32 Å². The molecule has 0 unspecified atom stereocenters. The molecule has 2 aromatic carbocycles. The van der Waals surface area contributed by atoms with Gasteiger partial charge in [-0.3, -0.25) is 9.59 Å². The standard InChI is InChI=1S/C20H23N3O2/c1-2-22(17-7-4-3-5-8-17)15-19(24)21-16-10-12-18(13-11-16)23-14-6-9-20(23)25/h3-5,7-8,10-13H,2,6,9,14-15H2,1H3,(H,21,24). The number of amides is 2. The highest BCUT2D eigenvalue weighted by Gasteiger charge is 2.21. The van der Waals surface area contributed by atoms with Gasteiger partial charge in [0, 0.05) is 36.6 Å². The van der Waals surface area contributed by atoms with Crippen LogP contribution in [0.2, 0.25) is 0 Å². The van der Waals surface area contributed by atoms with E-state index in [0.717, 1.165) is 36.6 Å². The van der Waals surface area contributed by atoms with E-state index >= 15 is 0 Å². The van der Waals surface area contributed by atoms with Crippen molar-refractivity contribution in [2.45, 2.75) is 19.8 Å². The minimum Gasteiger partial charge on any atom is -0.362 e. The summed E-state index contributed by atoms with van der Waals surface area (Å²) in [5, 5.41) is 2.92. The molecule has 0 aliphatic carbocycles. The number of benzene rings is 2. The first-order valence-electron chi connectivity index (χ1n) is 8.67. The largest absolute Gasteiger partial charge is 0.362 e. The fourth-order valence-corrected chi connectivity index (χ4v) is 3.04. The van der Waals surface area contributed by atoms with E-state index < -0.39 is 0 Å². The summed E-state index contributed by atoms with van der Waals surface area (Å²) in [6.45, 7) is 3.86. The number of hydrogen-bond acceptors (Lipinski definition) is 3. The molecule has 3 rings (SSSR count). The minimum absolute atomic E-state index is 0.0595. The molecule has 0 radical (unpaired) electrons. The molecular weight excluding hydrogens is 314 g/mol. The highest BCUT2D eigenvalue weighted by Crippen LogP contribution is 2.23. The van der Waals surface area contributed by atoms with Crippen LogP contribution in [0.4, 0.5) is 17.1 Å². The zero-order valence-electron chi connectivity index (χ0n) is 14.4. The van der Waals surface area contributed by atoms with E-state index in [9.17, 15) is 9.59 Å². The van der Waals surface area contributed by atoms with E-state index in [-0.39, 0.29) is 11.8 Å². The first-order chi connectivity index (χ1) is 12.2. The van der Waals surface area contributed by atoms with E-state index in [1.165, 1.54) is 0 Å². The smallest absolute Gasteiger partial charge is 0.243 e. The van der Waals surface area contributed by atoms with Crippen LogP contribution in [0.5, 0.6) is 0 Å². The van der Waals surface area contributed by atoms with Gasteiger partial charge in [0.05, 0.1) is 6.54 Å². The van der Waals surface area contributed by atoms with Crippen LogP contribution in [-0.4, -0.2) is 31.4 Å². The van der Waals surface area contributed by atoms with Gasteiger partial charge in [0.15, 0.2) is 0 Å². The van der Waals surface area contributed by atoms with Gasteiger partial charge in [-0.25, -0.2) is 0 Å². The van der Waals surface area contributed by atoms with E-state index in [1.807, 2.05) is 66.4 Å². The topological polar surface area (TPSA) is 52.7 Å². The molecule has 1 aliphatic heterocycles. The van der Waals surface area contributed by atoms with Crippen LogP contribution in [0, 0.1) is 0 Å². The molecule has 130 valence electrons. The molecule has 5 nitrogen and oxygen atoms in total. The maximum atomic E-state index is 12.3. The average molecular weight is 337 g/mol. The summed E-state index contributed by atoms with van der Waals surface area (Å²) in [7, 11) is 0. The van der Waals surface area contributed by atoms with Crippen molar-refractivity contribution in [3.63, 3.8) is 0 Å². The van der Waals surface area contributed by atoms with Gasteiger partial charge in [-0.2, -0.15) is 0 Å². The number of rotatable bonds is 6. The second-order valence-electron chi connectivity index (χ2n) is 6.09. The lowest BCUT2D eigenvalue weighted by Crippen LogP contribution is -2.33. The van der Waals surface area contributed by atoms with Crippen molar-refractivity contribution >= 4 is 28.9 Å². The van der Waals surface area contributed by atoms with Crippen molar-refractivity contribution in [3.05, 3.63) is 54.6 Å². The summed E-state index contributed by atoms with van der Waals surface area (Å²) in [5.74, 6) is 0.105. The van der Waals surface area contributed by atoms with Crippen molar-refractivity contribution in [2.75, 3.05) is 34.8 Å². The second kappa shape index (κ2) is 7.83. The van der Waals surface area contributed by atoms with Gasteiger partial charge in [-0.15, -0.1) is 0 Å². The van der Waals surface area contributed by atoms with Crippen LogP contribution < -0.4 is 15.1 Å². The Hall–Kier alpha value is -2.82. The fourth-order valence-electron chi connectivity index (χ4n) is 3.04. The molecule has 2 amide bonds. The van der Waals surface area contributed by atoms with Gasteiger partial charge in [0.1, 0.15) is 0 Å². The third kappa shape index (κ3) is 4.18. The Morgan fingerprint density at radius 1 is 1.12 bits per heavy atom. The van der Waals surface area contributed by atoms with Gasteiger partial charge < -0.3 is 15.1 Å². The monoisotopic (exact) mass is 337 g/mol. The van der Waals surface area contributed by atoms with Crippen molar-refractivity contribution < 1.29 is 9.59 Å². The Balaban J connectivity index is 1.60. The van der Waals surface area contributed by atoms with Crippen LogP contribution in [0.3, 0.4) is 0 Å². The molecule has 2 aromatic rings. The van der Waals surface area contributed by atoms with Crippen molar-refractivity contribution in [1.29, 1.82) is 0 Å². The van der Waals surface area contributed by atoms with Gasteiger partial charge >= 0.3 is 0 Å². The average Bonchev–Trinajstić information content (AvgIpc) is 3.07. The molecule has 5 heteroatoms. The van der Waals surface area contributed by atoms with Gasteiger partial charge in [-0.05, 0) is 49.7 Å². The summed E-state index contributed by atoms with van der Waals surface area (Å²) in [5.41, 5.74) is 2.66. The molecule has 1 aliphatic rings. The number of anilines is 3. The van der Waals surface area contributed by atoms with Crippen LogP contribution in [0.25, 0.3) is 0 Å². The van der Waals surface area contributed by atoms with Crippen LogP contribution >= 0.6 is 0 Å². The number of carbonyl (C=O) groups excluding carboxylic acids is 2. The number of nitrogens with one attached hydrogen (secondary N) is 1. The van der Waals surface area contributed by atoms with Gasteiger partial charge in [-0.1, -0.05) is 18.2 Å². The van der Waals surface area contributed by atoms with E-state index in [4.69, 9.17) is 0 Å². The lowest BCUT2D eigenvalue weighted by Gasteiger charge is -2.22. The first kappa shape index (κ1) is 17.0. The van der Waals surface area contributed by atoms with Crippen molar-refractivity contribution in [2.24, 2.45) is 0 Å². The maximum absolute atomic E-state index is 12.3. The Kier molecular flexibility index (Phi) is 5.33. The molecule has 1 saturated heterocycles. The number of hydrogen-bond donors (Lipinski definition) is 1. The molecule has 0 saturated carbocycles. The van der Waals surface area contributed by atoms with Gasteiger partial charge in [0.25, 0.3) is 0 Å². The first-order valence-corrected chi connectivity index (χ1v) is 8.67. The second-order valence-corrected chi connectivity index (χ2v) is 6.09. The van der Waals surface area contributed by atoms with Crippen molar-refractivity contribution in [1.82, 2.24) is 0 Å². The van der Waals surface area contributed by atoms with Crippen LogP contribution in [-0.2, 0) is 9.59 Å². The summed E-state index contributed by atoms with van der Waals surface area (Å²) >= 11 is 0. The fraction of sp³-hybridized carbons (Fsp3) is 0.300. The lowest BCUT2D eigenvalue weighted by molar-refractivity contribution is -0.117. The molecule has 0 atom stereocenters. The molecular formula is C20H23N3O2. The highest BCUT2D eigenvalue weighted by atomic mass is 16.2. The number of carbonyl (C=O) groups is 2. The quantitative estimate of drug-likeness (QED) is 0.880. The molecule has 1 N–H and O–H groups in total. The van der Waals surface area contributed by atoms with Crippen molar-refractivity contribution in [3.8, 4) is 0 Å². The Bertz CT molecular complexity index is 728. The summed E-state index contributed by atoms with van der Waals surface area (Å²) < 4.78 is 0. The molecule has 1 fully saturated rings. The minimum atomic E-state index is -0.0595. The predicted octanol–water partition coefficient (Wildman–Crippen LogP) is 3.28. The Labute approximate surface area is 148 Å². The summed E-state index contributed by atoms with van der Waals surface area (Å²) in [6, 6.07) is 17.3. The molecule has 0 aromatic heterocycles. The van der Waals surface area contributed by atoms with Gasteiger partial charge in [0.2, 0.25) is 11.8 Å². The summed E-state index contributed by atoms with van der Waals surface area (Å²) in [6.07, 6.45) is 1.52. The van der Waals surface area contributed by atoms with E-state index in [0.29, 0.717) is 13.0 Å². The SMILES string of the molecule is CCN(CC(=O)Nc1ccc(N2CCCC2=O)cc1)c1ccccc1. The normalized spacial score (nSPS) is 13.8. The van der Waals surface area contributed by atoms with E-state index in [1.54, 1.807) is 4.90 Å². The number of nitrogens with zero attached hydrogens (tertiary/aromatic N) is 2. The Morgan fingerprint density at radius 3 is 2.44 bits per heavy atom. The molecule has 0 bridgehead atoms. The zero-order chi connectivity index (χ0) is 17.6. The predicted molar refractivity (Wildman–Crippen MR) is 101 cm³/mol. The number of para-hydroxylation sites is 1. The molecule has 1 heterocycles. The molecule has 25 heavy (non-hydrogen) atoms.